The molecule has 0 bridgehead atoms. The number of pyridine rings is 1. The Morgan fingerprint density at radius 2 is 2.06 bits per heavy atom. The number of aryl methyl sites for hydroxylation is 2. The number of anilines is 1. The van der Waals surface area contributed by atoms with Gasteiger partial charge in [0.25, 0.3) is 5.92 Å². The Morgan fingerprint density at radius 1 is 1.22 bits per heavy atom. The number of amides is 1. The maximum absolute atomic E-state index is 13.0. The molecule has 1 aliphatic heterocycles. The first-order valence-electron chi connectivity index (χ1n) is 11.7. The molecule has 2 unspecified atom stereocenters. The van der Waals surface area contributed by atoms with E-state index in [9.17, 15) is 13.6 Å². The normalized spacial score (nSPS) is 20.5. The number of carbonyl (C=O) groups is 1. The number of unbranched alkanes of at least 4 members (excludes halogenated alkanes) is 1. The van der Waals surface area contributed by atoms with E-state index in [4.69, 9.17) is 15.2 Å². The van der Waals surface area contributed by atoms with Crippen molar-refractivity contribution in [1.82, 2.24) is 30.2 Å². The van der Waals surface area contributed by atoms with Crippen LogP contribution in [0.3, 0.4) is 0 Å². The number of nitrogens with two attached hydrogens (primary N) is 1. The molecule has 1 saturated heterocycles. The number of alkyl halides is 2. The van der Waals surface area contributed by atoms with Crippen LogP contribution in [0.25, 0.3) is 0 Å². The summed E-state index contributed by atoms with van der Waals surface area (Å²) in [7, 11) is 0. The summed E-state index contributed by atoms with van der Waals surface area (Å²) in [4.78, 5) is 16.4. The fourth-order valence-electron chi connectivity index (χ4n) is 3.93. The third-order valence-electron chi connectivity index (χ3n) is 5.92. The monoisotopic (exact) mass is 500 g/mol. The van der Waals surface area contributed by atoms with Crippen molar-refractivity contribution < 1.29 is 23.0 Å². The molecule has 0 spiro atoms. The van der Waals surface area contributed by atoms with Gasteiger partial charge in [0.2, 0.25) is 5.91 Å². The Hall–Kier alpha value is -3.58. The quantitative estimate of drug-likeness (QED) is 0.299. The van der Waals surface area contributed by atoms with Crippen LogP contribution in [0, 0.1) is 0 Å². The highest BCUT2D eigenvalue weighted by Gasteiger charge is 2.47. The lowest BCUT2D eigenvalue weighted by molar-refractivity contribution is -0.134. The van der Waals surface area contributed by atoms with Crippen molar-refractivity contribution in [3.05, 3.63) is 53.7 Å². The predicted octanol–water partition coefficient (Wildman–Crippen LogP) is 2.20. The van der Waals surface area contributed by atoms with Crippen LogP contribution in [0.2, 0.25) is 0 Å². The number of ether oxygens (including phenoxy) is 2. The molecule has 2 aliphatic rings. The Kier molecular flexibility index (Phi) is 6.83. The van der Waals surface area contributed by atoms with Crippen molar-refractivity contribution in [3.63, 3.8) is 0 Å². The molecule has 2 fully saturated rings. The van der Waals surface area contributed by atoms with Gasteiger partial charge in [-0.2, -0.15) is 5.10 Å². The molecular formula is C23H26F2N8O3. The summed E-state index contributed by atoms with van der Waals surface area (Å²) in [5.41, 5.74) is 7.81. The topological polar surface area (TPSA) is 146 Å². The zero-order valence-electron chi connectivity index (χ0n) is 19.4. The highest BCUT2D eigenvalue weighted by atomic mass is 19.3. The van der Waals surface area contributed by atoms with Gasteiger partial charge in [0, 0.05) is 25.6 Å². The molecule has 5 rings (SSSR count). The highest BCUT2D eigenvalue weighted by Crippen LogP contribution is 2.39. The Morgan fingerprint density at radius 3 is 2.78 bits per heavy atom. The maximum atomic E-state index is 13.0. The van der Waals surface area contributed by atoms with Gasteiger partial charge in [0.15, 0.2) is 5.82 Å². The number of epoxide rings is 1. The lowest BCUT2D eigenvalue weighted by Crippen LogP contribution is -2.43. The molecule has 3 aromatic rings. The first kappa shape index (κ1) is 24.1. The average molecular weight is 501 g/mol. The second-order valence-corrected chi connectivity index (χ2v) is 9.05. The zero-order valence-corrected chi connectivity index (χ0v) is 19.4. The van der Waals surface area contributed by atoms with Crippen molar-refractivity contribution in [3.8, 4) is 5.75 Å². The second kappa shape index (κ2) is 10.2. The molecule has 3 N–H and O–H groups in total. The predicted molar refractivity (Wildman–Crippen MR) is 122 cm³/mol. The van der Waals surface area contributed by atoms with Crippen molar-refractivity contribution in [2.45, 2.75) is 69.4 Å². The SMILES string of the molecule is NC1OC1c1cn(CCCCc2ccc(NC(=O)Cc3cncc(OC4CC(F)(F)C4)c3)nn2)nn1. The minimum absolute atomic E-state index is 0.0390. The summed E-state index contributed by atoms with van der Waals surface area (Å²) in [6, 6.07) is 5.16. The van der Waals surface area contributed by atoms with Crippen LogP contribution in [-0.2, 0) is 28.9 Å². The van der Waals surface area contributed by atoms with E-state index in [1.807, 2.05) is 12.3 Å². The summed E-state index contributed by atoms with van der Waals surface area (Å²) in [6.07, 6.45) is 5.83. The number of rotatable bonds is 11. The first-order chi connectivity index (χ1) is 17.3. The van der Waals surface area contributed by atoms with Crippen LogP contribution in [0.4, 0.5) is 14.6 Å². The number of nitrogens with one attached hydrogen (secondary N) is 1. The largest absolute Gasteiger partial charge is 0.488 e. The van der Waals surface area contributed by atoms with Gasteiger partial charge in [-0.15, -0.1) is 10.2 Å². The summed E-state index contributed by atoms with van der Waals surface area (Å²) < 4.78 is 38.4. The van der Waals surface area contributed by atoms with Gasteiger partial charge in [-0.1, -0.05) is 5.21 Å². The van der Waals surface area contributed by atoms with Crippen molar-refractivity contribution in [2.24, 2.45) is 5.73 Å². The van der Waals surface area contributed by atoms with E-state index in [2.05, 4.69) is 30.8 Å². The molecule has 1 aliphatic carbocycles. The smallest absolute Gasteiger partial charge is 0.255 e. The molecule has 1 saturated carbocycles. The number of halogens is 2. The fourth-order valence-corrected chi connectivity index (χ4v) is 3.93. The van der Waals surface area contributed by atoms with E-state index >= 15 is 0 Å². The molecule has 3 aromatic heterocycles. The number of nitrogens with zero attached hydrogens (tertiary/aromatic N) is 6. The van der Waals surface area contributed by atoms with Gasteiger partial charge in [-0.05, 0) is 43.0 Å². The van der Waals surface area contributed by atoms with Crippen LogP contribution in [-0.4, -0.2) is 54.3 Å². The van der Waals surface area contributed by atoms with Crippen molar-refractivity contribution in [1.29, 1.82) is 0 Å². The second-order valence-electron chi connectivity index (χ2n) is 9.05. The summed E-state index contributed by atoms with van der Waals surface area (Å²) in [5.74, 6) is -2.24. The van der Waals surface area contributed by atoms with Crippen LogP contribution < -0.4 is 15.8 Å². The number of aromatic nitrogens is 6. The minimum atomic E-state index is -2.66. The van der Waals surface area contributed by atoms with E-state index in [1.165, 1.54) is 12.4 Å². The Bertz CT molecular complexity index is 1200. The van der Waals surface area contributed by atoms with E-state index in [0.29, 0.717) is 17.1 Å². The van der Waals surface area contributed by atoms with Crippen LogP contribution in [0.1, 0.15) is 48.7 Å². The average Bonchev–Trinajstić information content (AvgIpc) is 3.36. The third kappa shape index (κ3) is 6.34. The molecular weight excluding hydrogens is 474 g/mol. The summed E-state index contributed by atoms with van der Waals surface area (Å²) in [6.45, 7) is 0.727. The van der Waals surface area contributed by atoms with Gasteiger partial charge in [0.1, 0.15) is 29.9 Å². The van der Waals surface area contributed by atoms with Gasteiger partial charge in [0.05, 0.1) is 24.5 Å². The lowest BCUT2D eigenvalue weighted by Gasteiger charge is -2.34. The van der Waals surface area contributed by atoms with E-state index in [-0.39, 0.29) is 37.5 Å². The maximum Gasteiger partial charge on any atom is 0.255 e. The molecule has 190 valence electrons. The molecule has 1 amide bonds. The Labute approximate surface area is 205 Å². The lowest BCUT2D eigenvalue weighted by atomic mass is 9.91. The third-order valence-corrected chi connectivity index (χ3v) is 5.92. The van der Waals surface area contributed by atoms with Gasteiger partial charge in [-0.3, -0.25) is 14.5 Å². The number of hydrogen-bond donors (Lipinski definition) is 2. The van der Waals surface area contributed by atoms with E-state index < -0.39 is 12.0 Å². The molecule has 11 nitrogen and oxygen atoms in total. The summed E-state index contributed by atoms with van der Waals surface area (Å²) in [5, 5.41) is 19.1. The number of carbonyl (C=O) groups excluding carboxylic acids is 1. The van der Waals surface area contributed by atoms with Crippen LogP contribution in [0.5, 0.6) is 5.75 Å². The Balaban J connectivity index is 1.02. The molecule has 36 heavy (non-hydrogen) atoms. The fraction of sp³-hybridized carbons (Fsp3) is 0.478. The van der Waals surface area contributed by atoms with E-state index in [1.54, 1.807) is 16.8 Å². The first-order valence-corrected chi connectivity index (χ1v) is 11.7. The zero-order chi connectivity index (χ0) is 25.1. The molecule has 4 heterocycles. The van der Waals surface area contributed by atoms with E-state index in [0.717, 1.165) is 37.2 Å². The standard InChI is InChI=1S/C23H26F2N8O3/c24-23(25)9-17(10-23)35-16-7-14(11-27-12-16)8-20(34)28-19-5-4-15(29-31-19)3-1-2-6-33-13-18(30-32-33)21-22(26)36-21/h4-5,7,11-13,17,21-22H,1-3,6,8-10,26H2,(H,28,31,34). The molecule has 0 aromatic carbocycles. The summed E-state index contributed by atoms with van der Waals surface area (Å²) >= 11 is 0. The molecule has 0 radical (unpaired) electrons. The minimum Gasteiger partial charge on any atom is -0.488 e. The van der Waals surface area contributed by atoms with Gasteiger partial charge < -0.3 is 20.5 Å². The van der Waals surface area contributed by atoms with Crippen molar-refractivity contribution >= 4 is 11.7 Å². The van der Waals surface area contributed by atoms with Crippen LogP contribution >= 0.6 is 0 Å². The van der Waals surface area contributed by atoms with Gasteiger partial charge >= 0.3 is 0 Å². The highest BCUT2D eigenvalue weighted by molar-refractivity contribution is 5.91. The molecule has 13 heteroatoms. The van der Waals surface area contributed by atoms with Gasteiger partial charge in [-0.25, -0.2) is 8.78 Å². The van der Waals surface area contributed by atoms with Crippen LogP contribution in [0.15, 0.2) is 36.8 Å². The number of hydrogen-bond acceptors (Lipinski definition) is 9. The van der Waals surface area contributed by atoms with Crippen molar-refractivity contribution in [2.75, 3.05) is 5.32 Å². The molecule has 2 atom stereocenters.